The summed E-state index contributed by atoms with van der Waals surface area (Å²) in [6, 6.07) is 3.62. The first-order valence-electron chi connectivity index (χ1n) is 7.92. The molecule has 2 aromatic heterocycles. The quantitative estimate of drug-likeness (QED) is 0.791. The number of nitrogens with zero attached hydrogens (tertiary/aromatic N) is 2. The number of ketones is 1. The molecule has 0 bridgehead atoms. The number of hydrogen-bond donors (Lipinski definition) is 1. The topological polar surface area (TPSA) is 72.0 Å². The van der Waals surface area contributed by atoms with Crippen LogP contribution in [0.2, 0.25) is 0 Å². The molecule has 3 rings (SSSR count). The number of carbonyl (C=O) groups excluding carboxylic acids is 2. The third kappa shape index (κ3) is 4.45. The molecule has 1 fully saturated rings. The lowest BCUT2D eigenvalue weighted by Gasteiger charge is -2.18. The number of rotatable bonds is 6. The van der Waals surface area contributed by atoms with Gasteiger partial charge < -0.3 is 5.32 Å². The minimum atomic E-state index is -0.179. The molecule has 5 nitrogen and oxygen atoms in total. The van der Waals surface area contributed by atoms with E-state index < -0.39 is 0 Å². The minimum Gasteiger partial charge on any atom is -0.301 e. The summed E-state index contributed by atoms with van der Waals surface area (Å²) in [4.78, 5) is 24.5. The summed E-state index contributed by atoms with van der Waals surface area (Å²) in [6.45, 7) is 0. The predicted octanol–water partition coefficient (Wildman–Crippen LogP) is 4.25. The number of hydrogen-bond acceptors (Lipinski definition) is 6. The van der Waals surface area contributed by atoms with E-state index in [0.717, 1.165) is 17.8 Å². The van der Waals surface area contributed by atoms with E-state index in [1.165, 1.54) is 41.9 Å². The van der Waals surface area contributed by atoms with Gasteiger partial charge in [-0.15, -0.1) is 21.5 Å². The molecule has 2 aromatic rings. The zero-order valence-corrected chi connectivity index (χ0v) is 14.4. The van der Waals surface area contributed by atoms with Gasteiger partial charge in [0.2, 0.25) is 11.0 Å². The third-order valence-electron chi connectivity index (χ3n) is 4.02. The molecular weight excluding hydrogens is 330 g/mol. The van der Waals surface area contributed by atoms with Gasteiger partial charge >= 0.3 is 0 Å². The summed E-state index contributed by atoms with van der Waals surface area (Å²) < 4.78 is 0. The van der Waals surface area contributed by atoms with E-state index >= 15 is 0 Å². The van der Waals surface area contributed by atoms with Gasteiger partial charge in [0.1, 0.15) is 5.01 Å². The molecule has 0 unspecified atom stereocenters. The lowest BCUT2D eigenvalue weighted by atomic mass is 9.90. The molecule has 0 saturated heterocycles. The number of thiophene rings is 1. The lowest BCUT2D eigenvalue weighted by Crippen LogP contribution is -2.13. The largest absolute Gasteiger partial charge is 0.301 e. The van der Waals surface area contributed by atoms with Crippen molar-refractivity contribution in [3.05, 3.63) is 27.4 Å². The van der Waals surface area contributed by atoms with Gasteiger partial charge in [0.25, 0.3) is 0 Å². The molecule has 0 spiro atoms. The Morgan fingerprint density at radius 2 is 2.00 bits per heavy atom. The zero-order valence-electron chi connectivity index (χ0n) is 12.8. The van der Waals surface area contributed by atoms with Crippen LogP contribution in [0.1, 0.15) is 65.5 Å². The van der Waals surface area contributed by atoms with E-state index in [9.17, 15) is 9.59 Å². The van der Waals surface area contributed by atoms with Gasteiger partial charge in [-0.05, 0) is 24.3 Å². The van der Waals surface area contributed by atoms with Gasteiger partial charge in [-0.1, -0.05) is 36.7 Å². The van der Waals surface area contributed by atoms with Crippen molar-refractivity contribution in [2.45, 2.75) is 50.9 Å². The SMILES string of the molecule is O=C(CCC(=O)c1cccs1)Nc1nnc(C2CCCCC2)s1. The van der Waals surface area contributed by atoms with Crippen LogP contribution in [0.15, 0.2) is 17.5 Å². The molecule has 1 aliphatic carbocycles. The highest BCUT2D eigenvalue weighted by Crippen LogP contribution is 2.35. The van der Waals surface area contributed by atoms with Crippen LogP contribution in [0.25, 0.3) is 0 Å². The fourth-order valence-electron chi connectivity index (χ4n) is 2.77. The molecule has 122 valence electrons. The summed E-state index contributed by atoms with van der Waals surface area (Å²) in [5.74, 6) is 0.323. The average Bonchev–Trinajstić information content (AvgIpc) is 3.25. The van der Waals surface area contributed by atoms with E-state index in [1.54, 1.807) is 6.07 Å². The highest BCUT2D eigenvalue weighted by atomic mass is 32.1. The number of aromatic nitrogens is 2. The predicted molar refractivity (Wildman–Crippen MR) is 92.2 cm³/mol. The molecule has 0 atom stereocenters. The first kappa shape index (κ1) is 16.3. The van der Waals surface area contributed by atoms with Crippen LogP contribution in [0, 0.1) is 0 Å². The van der Waals surface area contributed by atoms with Crippen LogP contribution in [-0.4, -0.2) is 21.9 Å². The van der Waals surface area contributed by atoms with E-state index in [-0.39, 0.29) is 24.5 Å². The molecule has 23 heavy (non-hydrogen) atoms. The average molecular weight is 349 g/mol. The first-order chi connectivity index (χ1) is 11.2. The Morgan fingerprint density at radius 1 is 1.17 bits per heavy atom. The van der Waals surface area contributed by atoms with Crippen molar-refractivity contribution in [3.8, 4) is 0 Å². The summed E-state index contributed by atoms with van der Waals surface area (Å²) in [5.41, 5.74) is 0. The number of anilines is 1. The fourth-order valence-corrected chi connectivity index (χ4v) is 4.39. The summed E-state index contributed by atoms with van der Waals surface area (Å²) in [5, 5.41) is 14.5. The van der Waals surface area contributed by atoms with Crippen LogP contribution in [-0.2, 0) is 4.79 Å². The Kier molecular flexibility index (Phi) is 5.51. The van der Waals surface area contributed by atoms with Gasteiger partial charge in [0, 0.05) is 18.8 Å². The Hall–Kier alpha value is -1.60. The monoisotopic (exact) mass is 349 g/mol. The molecule has 1 amide bonds. The van der Waals surface area contributed by atoms with E-state index in [0.29, 0.717) is 15.9 Å². The van der Waals surface area contributed by atoms with Crippen LogP contribution in [0.3, 0.4) is 0 Å². The molecule has 1 aliphatic rings. The van der Waals surface area contributed by atoms with Crippen molar-refractivity contribution < 1.29 is 9.59 Å². The maximum absolute atomic E-state index is 12.0. The smallest absolute Gasteiger partial charge is 0.226 e. The Balaban J connectivity index is 1.48. The first-order valence-corrected chi connectivity index (χ1v) is 9.62. The highest BCUT2D eigenvalue weighted by molar-refractivity contribution is 7.15. The number of Topliss-reactive ketones (excluding diaryl/α,β-unsaturated/α-hetero) is 1. The molecule has 0 aromatic carbocycles. The summed E-state index contributed by atoms with van der Waals surface area (Å²) >= 11 is 2.87. The highest BCUT2D eigenvalue weighted by Gasteiger charge is 2.20. The molecule has 0 radical (unpaired) electrons. The van der Waals surface area contributed by atoms with Crippen LogP contribution < -0.4 is 5.32 Å². The summed E-state index contributed by atoms with van der Waals surface area (Å²) in [7, 11) is 0. The summed E-state index contributed by atoms with van der Waals surface area (Å²) in [6.07, 6.45) is 6.52. The second-order valence-corrected chi connectivity index (χ2v) is 7.69. The lowest BCUT2D eigenvalue weighted by molar-refractivity contribution is -0.116. The zero-order chi connectivity index (χ0) is 16.1. The standard InChI is InChI=1S/C16H19N3O2S2/c20-12(13-7-4-10-22-13)8-9-14(21)17-16-19-18-15(23-16)11-5-2-1-3-6-11/h4,7,10-11H,1-3,5-6,8-9H2,(H,17,19,21). The number of nitrogens with one attached hydrogen (secondary N) is 1. The minimum absolute atomic E-state index is 0.00954. The molecule has 1 saturated carbocycles. The Bertz CT molecular complexity index is 661. The molecule has 7 heteroatoms. The molecule has 0 aliphatic heterocycles. The number of carbonyl (C=O) groups is 2. The Labute approximate surface area is 143 Å². The van der Waals surface area contributed by atoms with E-state index in [1.807, 2.05) is 11.4 Å². The van der Waals surface area contributed by atoms with Gasteiger partial charge in [-0.25, -0.2) is 0 Å². The maximum Gasteiger partial charge on any atom is 0.226 e. The van der Waals surface area contributed by atoms with Gasteiger partial charge in [-0.2, -0.15) is 0 Å². The third-order valence-corrected chi connectivity index (χ3v) is 5.93. The van der Waals surface area contributed by atoms with Crippen molar-refractivity contribution >= 4 is 39.5 Å². The maximum atomic E-state index is 12.0. The van der Waals surface area contributed by atoms with Crippen molar-refractivity contribution in [2.24, 2.45) is 0 Å². The second kappa shape index (κ2) is 7.79. The van der Waals surface area contributed by atoms with E-state index in [2.05, 4.69) is 15.5 Å². The van der Waals surface area contributed by atoms with Crippen molar-refractivity contribution in [3.63, 3.8) is 0 Å². The van der Waals surface area contributed by atoms with Crippen LogP contribution in [0.5, 0.6) is 0 Å². The van der Waals surface area contributed by atoms with E-state index in [4.69, 9.17) is 0 Å². The van der Waals surface area contributed by atoms with Crippen LogP contribution >= 0.6 is 22.7 Å². The second-order valence-electron chi connectivity index (χ2n) is 5.73. The van der Waals surface area contributed by atoms with Gasteiger partial charge in [0.05, 0.1) is 4.88 Å². The Morgan fingerprint density at radius 3 is 2.74 bits per heavy atom. The molecular formula is C16H19N3O2S2. The normalized spacial score (nSPS) is 15.5. The molecule has 2 heterocycles. The molecule has 1 N–H and O–H groups in total. The van der Waals surface area contributed by atoms with Crippen molar-refractivity contribution in [1.29, 1.82) is 0 Å². The van der Waals surface area contributed by atoms with Crippen molar-refractivity contribution in [2.75, 3.05) is 5.32 Å². The van der Waals surface area contributed by atoms with Crippen LogP contribution in [0.4, 0.5) is 5.13 Å². The fraction of sp³-hybridized carbons (Fsp3) is 0.500. The van der Waals surface area contributed by atoms with Gasteiger partial charge in [-0.3, -0.25) is 9.59 Å². The number of amides is 1. The van der Waals surface area contributed by atoms with Crippen molar-refractivity contribution in [1.82, 2.24) is 10.2 Å². The van der Waals surface area contributed by atoms with Gasteiger partial charge in [0.15, 0.2) is 5.78 Å².